The van der Waals surface area contributed by atoms with Gasteiger partial charge < -0.3 is 9.80 Å². The molecular formula is C28H32FN5O2S2. The van der Waals surface area contributed by atoms with Crippen LogP contribution in [0.2, 0.25) is 0 Å². The fraction of sp³-hybridized carbons (Fsp3) is 0.429. The van der Waals surface area contributed by atoms with Crippen molar-refractivity contribution in [3.63, 3.8) is 0 Å². The second kappa shape index (κ2) is 12.1. The van der Waals surface area contributed by atoms with E-state index in [0.717, 1.165) is 24.9 Å². The molecule has 0 N–H and O–H groups in total. The minimum Gasteiger partial charge on any atom is -0.368 e. The highest BCUT2D eigenvalue weighted by Crippen LogP contribution is 2.36. The number of nitriles is 1. The average molecular weight is 554 g/mol. The van der Waals surface area contributed by atoms with E-state index >= 15 is 0 Å². The van der Waals surface area contributed by atoms with Gasteiger partial charge >= 0.3 is 0 Å². The number of halogens is 1. The molecule has 10 heteroatoms. The molecule has 2 aliphatic heterocycles. The number of carbonyl (C=O) groups is 1. The minimum atomic E-state index is -0.326. The summed E-state index contributed by atoms with van der Waals surface area (Å²) < 4.78 is 15.6. The van der Waals surface area contributed by atoms with Crippen molar-refractivity contribution in [3.05, 3.63) is 62.0 Å². The fourth-order valence-corrected chi connectivity index (χ4v) is 6.24. The van der Waals surface area contributed by atoms with Crippen LogP contribution in [0.5, 0.6) is 0 Å². The molecule has 2 fully saturated rings. The highest BCUT2D eigenvalue weighted by Gasteiger charge is 2.33. The number of anilines is 2. The molecule has 0 spiro atoms. The second-order valence-corrected chi connectivity index (χ2v) is 11.1. The molecule has 0 saturated carbocycles. The number of unbranched alkanes of at least 4 members (excludes halogenated alkanes) is 2. The number of pyridine rings is 1. The van der Waals surface area contributed by atoms with Crippen LogP contribution in [0.3, 0.4) is 0 Å². The molecule has 0 radical (unpaired) electrons. The Morgan fingerprint density at radius 1 is 1.08 bits per heavy atom. The summed E-state index contributed by atoms with van der Waals surface area (Å²) in [7, 11) is 0. The van der Waals surface area contributed by atoms with Gasteiger partial charge in [-0.3, -0.25) is 19.1 Å². The molecule has 0 aliphatic carbocycles. The average Bonchev–Trinajstić information content (AvgIpc) is 3.18. The zero-order chi connectivity index (χ0) is 27.4. The van der Waals surface area contributed by atoms with E-state index in [9.17, 15) is 19.2 Å². The Kier molecular flexibility index (Phi) is 8.90. The maximum atomic E-state index is 13.4. The number of hydrogen-bond donors (Lipinski definition) is 0. The first-order valence-electron chi connectivity index (χ1n) is 13.0. The van der Waals surface area contributed by atoms with Crippen molar-refractivity contribution in [2.75, 3.05) is 42.5 Å². The molecule has 0 atom stereocenters. The Morgan fingerprint density at radius 2 is 1.74 bits per heavy atom. The third kappa shape index (κ3) is 5.49. The Balaban J connectivity index is 1.71. The zero-order valence-corrected chi connectivity index (χ0v) is 23.6. The zero-order valence-electron chi connectivity index (χ0n) is 22.0. The Morgan fingerprint density at radius 3 is 2.34 bits per heavy atom. The summed E-state index contributed by atoms with van der Waals surface area (Å²) in [5.74, 6) is 0.312. The first kappa shape index (κ1) is 27.9. The van der Waals surface area contributed by atoms with Crippen molar-refractivity contribution in [2.24, 2.45) is 0 Å². The largest absolute Gasteiger partial charge is 0.368 e. The Labute approximate surface area is 232 Å². The van der Waals surface area contributed by atoms with Gasteiger partial charge in [-0.15, -0.1) is 0 Å². The highest BCUT2D eigenvalue weighted by molar-refractivity contribution is 8.26. The van der Waals surface area contributed by atoms with Crippen LogP contribution in [-0.4, -0.2) is 52.4 Å². The van der Waals surface area contributed by atoms with Gasteiger partial charge in [0.1, 0.15) is 27.6 Å². The van der Waals surface area contributed by atoms with Gasteiger partial charge in [0.2, 0.25) is 0 Å². The van der Waals surface area contributed by atoms with Gasteiger partial charge in [-0.05, 0) is 56.2 Å². The first-order chi connectivity index (χ1) is 18.3. The van der Waals surface area contributed by atoms with Gasteiger partial charge in [-0.25, -0.2) is 4.39 Å². The predicted octanol–water partition coefficient (Wildman–Crippen LogP) is 4.91. The molecule has 2 aromatic rings. The summed E-state index contributed by atoms with van der Waals surface area (Å²) >= 11 is 6.79. The molecule has 4 rings (SSSR count). The fourth-order valence-electron chi connectivity index (χ4n) is 4.95. The second-order valence-electron chi connectivity index (χ2n) is 9.39. The predicted molar refractivity (Wildman–Crippen MR) is 156 cm³/mol. The molecule has 200 valence electrons. The maximum absolute atomic E-state index is 13.4. The normalized spacial score (nSPS) is 17.0. The van der Waals surface area contributed by atoms with E-state index in [1.165, 1.54) is 23.9 Å². The minimum absolute atomic E-state index is 0.0882. The van der Waals surface area contributed by atoms with Crippen LogP contribution in [0.1, 0.15) is 49.8 Å². The van der Waals surface area contributed by atoms with Crippen LogP contribution in [0, 0.1) is 24.1 Å². The lowest BCUT2D eigenvalue weighted by atomic mass is 10.0. The number of thiocarbonyl (C=S) groups is 1. The van der Waals surface area contributed by atoms with E-state index in [-0.39, 0.29) is 22.8 Å². The van der Waals surface area contributed by atoms with E-state index < -0.39 is 0 Å². The molecule has 1 amide bonds. The molecule has 2 saturated heterocycles. The smallest absolute Gasteiger partial charge is 0.270 e. The molecule has 1 aromatic carbocycles. The Hall–Kier alpha value is -3.16. The highest BCUT2D eigenvalue weighted by atomic mass is 32.2. The number of piperazine rings is 1. The van der Waals surface area contributed by atoms with E-state index in [1.54, 1.807) is 28.5 Å². The SMILES string of the molecule is CCCCCN1C(=O)C(=Cc2c(C)c(C#N)c(=O)n(CC)c2N2CCN(c3ccc(F)cc3)CC2)SC1=S. The number of thioether (sulfide) groups is 1. The number of hydrogen-bond acceptors (Lipinski definition) is 7. The molecule has 0 unspecified atom stereocenters. The number of nitrogens with zero attached hydrogens (tertiary/aromatic N) is 5. The van der Waals surface area contributed by atoms with Crippen molar-refractivity contribution in [1.29, 1.82) is 5.26 Å². The van der Waals surface area contributed by atoms with Crippen molar-refractivity contribution in [2.45, 2.75) is 46.6 Å². The van der Waals surface area contributed by atoms with Crippen LogP contribution in [0.25, 0.3) is 6.08 Å². The summed E-state index contributed by atoms with van der Waals surface area (Å²) in [6, 6.07) is 8.53. The van der Waals surface area contributed by atoms with Crippen LogP contribution in [0.15, 0.2) is 34.0 Å². The lowest BCUT2D eigenvalue weighted by Crippen LogP contribution is -2.48. The van der Waals surface area contributed by atoms with Gasteiger partial charge in [-0.2, -0.15) is 5.26 Å². The topological polar surface area (TPSA) is 72.6 Å². The lowest BCUT2D eigenvalue weighted by molar-refractivity contribution is -0.122. The van der Waals surface area contributed by atoms with Crippen LogP contribution >= 0.6 is 24.0 Å². The third-order valence-corrected chi connectivity index (χ3v) is 8.45. The third-order valence-electron chi connectivity index (χ3n) is 7.07. The van der Waals surface area contributed by atoms with Gasteiger partial charge in [0, 0.05) is 50.5 Å². The van der Waals surface area contributed by atoms with Crippen LogP contribution in [0.4, 0.5) is 15.9 Å². The van der Waals surface area contributed by atoms with E-state index in [1.807, 2.05) is 13.0 Å². The monoisotopic (exact) mass is 553 g/mol. The Bertz CT molecular complexity index is 1360. The maximum Gasteiger partial charge on any atom is 0.270 e. The summed E-state index contributed by atoms with van der Waals surface area (Å²) in [4.78, 5) is 33.1. The summed E-state index contributed by atoms with van der Waals surface area (Å²) in [6.45, 7) is 9.36. The molecule has 38 heavy (non-hydrogen) atoms. The van der Waals surface area contributed by atoms with Crippen LogP contribution in [-0.2, 0) is 11.3 Å². The molecule has 2 aliphatic rings. The molecule has 7 nitrogen and oxygen atoms in total. The number of amides is 1. The summed E-state index contributed by atoms with van der Waals surface area (Å²) in [5.41, 5.74) is 1.97. The van der Waals surface area contributed by atoms with E-state index in [2.05, 4.69) is 22.8 Å². The molecule has 3 heterocycles. The quantitative estimate of drug-likeness (QED) is 0.261. The van der Waals surface area contributed by atoms with Gasteiger partial charge in [0.25, 0.3) is 11.5 Å². The van der Waals surface area contributed by atoms with Crippen molar-refractivity contribution >= 4 is 51.8 Å². The van der Waals surface area contributed by atoms with Gasteiger partial charge in [0.15, 0.2) is 0 Å². The van der Waals surface area contributed by atoms with Crippen molar-refractivity contribution in [3.8, 4) is 6.07 Å². The standard InChI is InChI=1S/C28H32FN5O2S2/c1-4-6-7-12-34-27(36)24(38-28(34)37)17-22-19(3)23(18-30)26(35)33(5-2)25(22)32-15-13-31(14-16-32)21-10-8-20(29)9-11-21/h8-11,17H,4-7,12-16H2,1-3H3. The molecular weight excluding hydrogens is 521 g/mol. The van der Waals surface area contributed by atoms with Crippen LogP contribution < -0.4 is 15.4 Å². The van der Waals surface area contributed by atoms with Gasteiger partial charge in [0.05, 0.1) is 4.91 Å². The molecule has 0 bridgehead atoms. The number of rotatable bonds is 8. The van der Waals surface area contributed by atoms with E-state index in [0.29, 0.717) is 65.4 Å². The lowest BCUT2D eigenvalue weighted by Gasteiger charge is -2.39. The summed E-state index contributed by atoms with van der Waals surface area (Å²) in [6.07, 6.45) is 4.77. The number of benzene rings is 1. The van der Waals surface area contributed by atoms with Crippen molar-refractivity contribution in [1.82, 2.24) is 9.47 Å². The first-order valence-corrected chi connectivity index (χ1v) is 14.2. The van der Waals surface area contributed by atoms with Crippen molar-refractivity contribution < 1.29 is 9.18 Å². The summed E-state index contributed by atoms with van der Waals surface area (Å²) in [5, 5.41) is 9.81. The number of carbonyl (C=O) groups excluding carboxylic acids is 1. The molecule has 1 aromatic heterocycles. The van der Waals surface area contributed by atoms with Gasteiger partial charge in [-0.1, -0.05) is 43.7 Å². The van der Waals surface area contributed by atoms with E-state index in [4.69, 9.17) is 12.2 Å². The number of aromatic nitrogens is 1.